The first-order valence-electron chi connectivity index (χ1n) is 6.48. The van der Waals surface area contributed by atoms with Crippen LogP contribution < -0.4 is 5.32 Å². The van der Waals surface area contributed by atoms with E-state index in [4.69, 9.17) is 5.11 Å². The zero-order valence-electron chi connectivity index (χ0n) is 10.8. The van der Waals surface area contributed by atoms with Crippen molar-refractivity contribution in [2.24, 2.45) is 0 Å². The van der Waals surface area contributed by atoms with Crippen molar-refractivity contribution >= 4 is 17.8 Å². The van der Waals surface area contributed by atoms with E-state index in [0.717, 1.165) is 11.1 Å². The van der Waals surface area contributed by atoms with Crippen LogP contribution in [0.25, 0.3) is 0 Å². The molecular weight excluding hydrogens is 260 g/mol. The number of carbonyl (C=O) groups excluding carboxylic acids is 2. The number of hydrogen-bond acceptors (Lipinski definition) is 3. The number of carboxylic acids is 1. The van der Waals surface area contributed by atoms with Crippen LogP contribution in [0.3, 0.4) is 0 Å². The standard InChI is InChI=1S/C14H14N2O4/c17-12-4-3-11(15-12)13(18)16-6-9-2-1-8(14(19)20)5-10(9)7-16/h1-2,5,11H,3-4,6-7H2,(H,15,17)(H,19,20)/t11-/m1/s1. The summed E-state index contributed by atoms with van der Waals surface area (Å²) in [5.74, 6) is -1.15. The monoisotopic (exact) mass is 274 g/mol. The third-order valence-corrected chi connectivity index (χ3v) is 3.78. The summed E-state index contributed by atoms with van der Waals surface area (Å²) in [5.41, 5.74) is 2.06. The molecule has 0 unspecified atom stereocenters. The number of rotatable bonds is 2. The van der Waals surface area contributed by atoms with Crippen molar-refractivity contribution in [2.75, 3.05) is 0 Å². The van der Waals surface area contributed by atoms with Crippen LogP contribution in [0.5, 0.6) is 0 Å². The molecule has 1 aromatic carbocycles. The highest BCUT2D eigenvalue weighted by atomic mass is 16.4. The molecule has 0 saturated carbocycles. The van der Waals surface area contributed by atoms with Crippen molar-refractivity contribution in [3.05, 3.63) is 34.9 Å². The normalized spacial score (nSPS) is 20.7. The SMILES string of the molecule is O=C1CC[C@H](C(=O)N2Cc3ccc(C(=O)O)cc3C2)N1. The largest absolute Gasteiger partial charge is 0.478 e. The Balaban J connectivity index is 1.75. The quantitative estimate of drug-likeness (QED) is 0.822. The number of hydrogen-bond donors (Lipinski definition) is 2. The van der Waals surface area contributed by atoms with Gasteiger partial charge in [0, 0.05) is 19.5 Å². The average molecular weight is 274 g/mol. The lowest BCUT2D eigenvalue weighted by Crippen LogP contribution is -2.42. The van der Waals surface area contributed by atoms with Crippen molar-refractivity contribution < 1.29 is 19.5 Å². The van der Waals surface area contributed by atoms with Crippen LogP contribution in [-0.2, 0) is 22.7 Å². The van der Waals surface area contributed by atoms with Gasteiger partial charge in [0.05, 0.1) is 5.56 Å². The maximum absolute atomic E-state index is 12.3. The molecule has 2 aliphatic rings. The first-order valence-corrected chi connectivity index (χ1v) is 6.48. The van der Waals surface area contributed by atoms with E-state index in [-0.39, 0.29) is 17.4 Å². The van der Waals surface area contributed by atoms with Crippen LogP contribution in [0.15, 0.2) is 18.2 Å². The Kier molecular flexibility index (Phi) is 2.93. The summed E-state index contributed by atoms with van der Waals surface area (Å²) in [4.78, 5) is 36.0. The fourth-order valence-electron chi connectivity index (χ4n) is 2.70. The van der Waals surface area contributed by atoms with Gasteiger partial charge in [-0.15, -0.1) is 0 Å². The van der Waals surface area contributed by atoms with Gasteiger partial charge < -0.3 is 15.3 Å². The van der Waals surface area contributed by atoms with E-state index in [9.17, 15) is 14.4 Å². The zero-order valence-corrected chi connectivity index (χ0v) is 10.8. The third-order valence-electron chi connectivity index (χ3n) is 3.78. The lowest BCUT2D eigenvalue weighted by Gasteiger charge is -2.19. The van der Waals surface area contributed by atoms with E-state index in [1.807, 2.05) is 0 Å². The van der Waals surface area contributed by atoms with Gasteiger partial charge in [-0.25, -0.2) is 4.79 Å². The number of fused-ring (bicyclic) bond motifs is 1. The number of nitrogens with one attached hydrogen (secondary N) is 1. The number of nitrogens with zero attached hydrogens (tertiary/aromatic N) is 1. The summed E-state index contributed by atoms with van der Waals surface area (Å²) in [6.45, 7) is 0.877. The van der Waals surface area contributed by atoms with Crippen LogP contribution >= 0.6 is 0 Å². The van der Waals surface area contributed by atoms with Gasteiger partial charge in [-0.05, 0) is 29.7 Å². The van der Waals surface area contributed by atoms with Gasteiger partial charge in [0.15, 0.2) is 0 Å². The average Bonchev–Trinajstić information content (AvgIpc) is 3.02. The molecule has 1 saturated heterocycles. The highest BCUT2D eigenvalue weighted by Crippen LogP contribution is 2.25. The van der Waals surface area contributed by atoms with Crippen molar-refractivity contribution in [3.8, 4) is 0 Å². The van der Waals surface area contributed by atoms with E-state index in [2.05, 4.69) is 5.32 Å². The van der Waals surface area contributed by atoms with E-state index in [0.29, 0.717) is 25.9 Å². The summed E-state index contributed by atoms with van der Waals surface area (Å²) in [5, 5.41) is 11.6. The smallest absolute Gasteiger partial charge is 0.335 e. The van der Waals surface area contributed by atoms with Gasteiger partial charge in [0.1, 0.15) is 6.04 Å². The van der Waals surface area contributed by atoms with Crippen molar-refractivity contribution in [1.29, 1.82) is 0 Å². The molecule has 2 heterocycles. The Hall–Kier alpha value is -2.37. The molecule has 0 radical (unpaired) electrons. The van der Waals surface area contributed by atoms with Crippen molar-refractivity contribution in [3.63, 3.8) is 0 Å². The van der Waals surface area contributed by atoms with Gasteiger partial charge in [0.25, 0.3) is 0 Å². The number of carbonyl (C=O) groups is 3. The van der Waals surface area contributed by atoms with Crippen LogP contribution in [0.1, 0.15) is 34.3 Å². The summed E-state index contributed by atoms with van der Waals surface area (Å²) in [6, 6.07) is 4.47. The van der Waals surface area contributed by atoms with Crippen molar-refractivity contribution in [2.45, 2.75) is 32.0 Å². The molecule has 0 spiro atoms. The van der Waals surface area contributed by atoms with Gasteiger partial charge in [-0.1, -0.05) is 6.07 Å². The Morgan fingerprint density at radius 1 is 1.25 bits per heavy atom. The second-order valence-corrected chi connectivity index (χ2v) is 5.14. The van der Waals surface area contributed by atoms with Crippen LogP contribution in [0.2, 0.25) is 0 Å². The van der Waals surface area contributed by atoms with Crippen LogP contribution in [0, 0.1) is 0 Å². The fraction of sp³-hybridized carbons (Fsp3) is 0.357. The second-order valence-electron chi connectivity index (χ2n) is 5.14. The minimum Gasteiger partial charge on any atom is -0.478 e. The Labute approximate surface area is 115 Å². The van der Waals surface area contributed by atoms with Gasteiger partial charge in [-0.3, -0.25) is 9.59 Å². The molecular formula is C14H14N2O4. The predicted molar refractivity (Wildman–Crippen MR) is 68.8 cm³/mol. The number of aromatic carboxylic acids is 1. The maximum Gasteiger partial charge on any atom is 0.335 e. The van der Waals surface area contributed by atoms with E-state index in [1.54, 1.807) is 23.1 Å². The predicted octanol–water partition coefficient (Wildman–Crippen LogP) is 0.506. The van der Waals surface area contributed by atoms with Crippen LogP contribution in [-0.4, -0.2) is 33.8 Å². The minimum absolute atomic E-state index is 0.0896. The van der Waals surface area contributed by atoms with Crippen molar-refractivity contribution in [1.82, 2.24) is 10.2 Å². The third kappa shape index (κ3) is 2.13. The number of carboxylic acid groups (broad SMARTS) is 1. The van der Waals surface area contributed by atoms with E-state index < -0.39 is 12.0 Å². The topological polar surface area (TPSA) is 86.7 Å². The summed E-state index contributed by atoms with van der Waals surface area (Å²) in [6.07, 6.45) is 0.922. The van der Waals surface area contributed by atoms with Crippen LogP contribution in [0.4, 0.5) is 0 Å². The Bertz CT molecular complexity index is 611. The molecule has 1 fully saturated rings. The molecule has 2 N–H and O–H groups in total. The fourth-order valence-corrected chi connectivity index (χ4v) is 2.70. The molecule has 1 aromatic rings. The molecule has 0 aliphatic carbocycles. The zero-order chi connectivity index (χ0) is 14.3. The lowest BCUT2D eigenvalue weighted by molar-refractivity contribution is -0.134. The van der Waals surface area contributed by atoms with Gasteiger partial charge >= 0.3 is 5.97 Å². The summed E-state index contributed by atoms with van der Waals surface area (Å²) < 4.78 is 0. The second kappa shape index (κ2) is 4.63. The first-order chi connectivity index (χ1) is 9.54. The van der Waals surface area contributed by atoms with Gasteiger partial charge in [-0.2, -0.15) is 0 Å². The Morgan fingerprint density at radius 3 is 2.65 bits per heavy atom. The molecule has 2 aliphatic heterocycles. The molecule has 2 amide bonds. The number of amides is 2. The lowest BCUT2D eigenvalue weighted by atomic mass is 10.1. The van der Waals surface area contributed by atoms with E-state index in [1.165, 1.54) is 0 Å². The molecule has 104 valence electrons. The molecule has 1 atom stereocenters. The minimum atomic E-state index is -0.972. The van der Waals surface area contributed by atoms with E-state index >= 15 is 0 Å². The molecule has 20 heavy (non-hydrogen) atoms. The first kappa shape index (κ1) is 12.7. The molecule has 6 heteroatoms. The Morgan fingerprint density at radius 2 is 2.00 bits per heavy atom. The summed E-state index contributed by atoms with van der Waals surface area (Å²) in [7, 11) is 0. The molecule has 0 bridgehead atoms. The molecule has 0 aromatic heterocycles. The highest BCUT2D eigenvalue weighted by Gasteiger charge is 2.33. The highest BCUT2D eigenvalue weighted by molar-refractivity contribution is 5.91. The molecule has 3 rings (SSSR count). The summed E-state index contributed by atoms with van der Waals surface area (Å²) >= 11 is 0. The molecule has 6 nitrogen and oxygen atoms in total. The number of benzene rings is 1. The van der Waals surface area contributed by atoms with Gasteiger partial charge in [0.2, 0.25) is 11.8 Å². The maximum atomic E-state index is 12.3.